The fourth-order valence-corrected chi connectivity index (χ4v) is 6.82. The lowest BCUT2D eigenvalue weighted by Gasteiger charge is -2.42. The van der Waals surface area contributed by atoms with Gasteiger partial charge in [-0.25, -0.2) is 4.79 Å². The van der Waals surface area contributed by atoms with Crippen LogP contribution in [0.4, 0.5) is 0 Å². The largest absolute Gasteiger partial charge is 0.463 e. The molecule has 0 aromatic rings. The highest BCUT2D eigenvalue weighted by molar-refractivity contribution is 6.70. The Kier molecular flexibility index (Phi) is 5.89. The van der Waals surface area contributed by atoms with Crippen molar-refractivity contribution in [3.05, 3.63) is 0 Å². The Morgan fingerprint density at radius 2 is 1.96 bits per heavy atom. The third kappa shape index (κ3) is 4.54. The van der Waals surface area contributed by atoms with E-state index < -0.39 is 13.9 Å². The highest BCUT2D eigenvalue weighted by Gasteiger charge is 2.52. The van der Waals surface area contributed by atoms with Gasteiger partial charge >= 0.3 is 5.97 Å². The molecule has 0 radical (unpaired) electrons. The first-order chi connectivity index (χ1) is 11.4. The molecule has 0 N–H and O–H groups in total. The third-order valence-corrected chi connectivity index (χ3v) is 7.28. The molecule has 4 atom stereocenters. The van der Waals surface area contributed by atoms with E-state index in [4.69, 9.17) is 9.16 Å². The second-order valence-corrected chi connectivity index (χ2v) is 14.3. The fraction of sp³-hybridized carbons (Fsp3) is 0.900. The van der Waals surface area contributed by atoms with Gasteiger partial charge < -0.3 is 9.16 Å². The molecule has 0 amide bonds. The van der Waals surface area contributed by atoms with Crippen LogP contribution in [-0.2, 0) is 18.8 Å². The smallest absolute Gasteiger partial charge is 0.336 e. The summed E-state index contributed by atoms with van der Waals surface area (Å²) in [4.78, 5) is 24.8. The van der Waals surface area contributed by atoms with Crippen LogP contribution < -0.4 is 0 Å². The molecule has 1 unspecified atom stereocenters. The molecule has 25 heavy (non-hydrogen) atoms. The highest BCUT2D eigenvalue weighted by atomic mass is 28.4. The van der Waals surface area contributed by atoms with Crippen LogP contribution in [0.2, 0.25) is 19.6 Å². The molecular formula is C20H36O4Si. The van der Waals surface area contributed by atoms with E-state index >= 15 is 0 Å². The van der Waals surface area contributed by atoms with Crippen molar-refractivity contribution in [2.75, 3.05) is 6.61 Å². The second-order valence-electron chi connectivity index (χ2n) is 9.86. The molecule has 2 rings (SSSR count). The summed E-state index contributed by atoms with van der Waals surface area (Å²) in [5.74, 6) is 1.12. The van der Waals surface area contributed by atoms with Gasteiger partial charge in [0.2, 0.25) is 0 Å². The van der Waals surface area contributed by atoms with E-state index in [1.54, 1.807) is 13.8 Å². The zero-order chi connectivity index (χ0) is 19.0. The number of hydrogen-bond acceptors (Lipinski definition) is 4. The van der Waals surface area contributed by atoms with E-state index in [0.717, 1.165) is 32.1 Å². The van der Waals surface area contributed by atoms with E-state index in [1.807, 2.05) is 0 Å². The highest BCUT2D eigenvalue weighted by Crippen LogP contribution is 2.56. The molecule has 0 aromatic heterocycles. The lowest BCUT2D eigenvalue weighted by Crippen LogP contribution is -2.46. The van der Waals surface area contributed by atoms with Gasteiger partial charge in [-0.05, 0) is 76.4 Å². The molecule has 0 saturated heterocycles. The van der Waals surface area contributed by atoms with Crippen molar-refractivity contribution >= 4 is 20.1 Å². The predicted molar refractivity (Wildman–Crippen MR) is 102 cm³/mol. The average molecular weight is 369 g/mol. The molecule has 2 fully saturated rings. The lowest BCUT2D eigenvalue weighted by atomic mass is 9.62. The number of ether oxygens (including phenoxy) is 1. The Morgan fingerprint density at radius 1 is 1.32 bits per heavy atom. The Labute approximate surface area is 154 Å². The molecule has 0 aliphatic heterocycles. The standard InChI is InChI=1S/C20H36O4Si/c1-14(13-23-18(22)19(2,3)24-25(5,6)7)15-10-11-16-17(21)9-8-12-20(15,16)4/h14-16H,8-13H2,1-7H3/t14?,15-,16+,20-/m1/s1. The van der Waals surface area contributed by atoms with Crippen LogP contribution in [-0.4, -0.2) is 32.3 Å². The first kappa shape index (κ1) is 20.6. The van der Waals surface area contributed by atoms with Crippen molar-refractivity contribution in [1.82, 2.24) is 0 Å². The van der Waals surface area contributed by atoms with E-state index in [1.165, 1.54) is 0 Å². The minimum Gasteiger partial charge on any atom is -0.463 e. The van der Waals surface area contributed by atoms with Crippen LogP contribution in [0.3, 0.4) is 0 Å². The number of carbonyl (C=O) groups is 2. The van der Waals surface area contributed by atoms with E-state index in [9.17, 15) is 9.59 Å². The fourth-order valence-electron chi connectivity index (χ4n) is 5.21. The number of esters is 1. The Hall–Kier alpha value is -0.683. The molecule has 0 spiro atoms. The quantitative estimate of drug-likeness (QED) is 0.508. The van der Waals surface area contributed by atoms with Crippen LogP contribution in [0.15, 0.2) is 0 Å². The maximum absolute atomic E-state index is 12.5. The summed E-state index contributed by atoms with van der Waals surface area (Å²) >= 11 is 0. The summed E-state index contributed by atoms with van der Waals surface area (Å²) in [5.41, 5.74) is -0.807. The monoisotopic (exact) mass is 368 g/mol. The first-order valence-electron chi connectivity index (χ1n) is 9.77. The summed E-state index contributed by atoms with van der Waals surface area (Å²) < 4.78 is 11.6. The number of Topliss-reactive ketones (excluding diaryl/α,β-unsaturated/α-hetero) is 1. The molecule has 2 aliphatic rings. The third-order valence-electron chi connectivity index (χ3n) is 6.15. The normalized spacial score (nSPS) is 31.6. The zero-order valence-electron chi connectivity index (χ0n) is 17.1. The molecule has 0 heterocycles. The van der Waals surface area contributed by atoms with Crippen molar-refractivity contribution in [2.45, 2.75) is 85.0 Å². The minimum absolute atomic E-state index is 0.0888. The van der Waals surface area contributed by atoms with Gasteiger partial charge in [0, 0.05) is 12.3 Å². The Bertz CT molecular complexity index is 522. The van der Waals surface area contributed by atoms with Gasteiger partial charge in [-0.3, -0.25) is 4.79 Å². The molecular weight excluding hydrogens is 332 g/mol. The predicted octanol–water partition coefficient (Wildman–Crippen LogP) is 4.58. The summed E-state index contributed by atoms with van der Waals surface area (Å²) in [6, 6.07) is 0. The van der Waals surface area contributed by atoms with Crippen LogP contribution in [0.25, 0.3) is 0 Å². The molecule has 4 nitrogen and oxygen atoms in total. The van der Waals surface area contributed by atoms with Crippen LogP contribution in [0, 0.1) is 23.2 Å². The van der Waals surface area contributed by atoms with Gasteiger partial charge in [-0.1, -0.05) is 13.8 Å². The van der Waals surface area contributed by atoms with Crippen LogP contribution in [0.1, 0.15) is 59.8 Å². The van der Waals surface area contributed by atoms with Crippen molar-refractivity contribution in [1.29, 1.82) is 0 Å². The zero-order valence-corrected chi connectivity index (χ0v) is 18.1. The van der Waals surface area contributed by atoms with Crippen molar-refractivity contribution < 1.29 is 18.8 Å². The molecule has 2 aliphatic carbocycles. The summed E-state index contributed by atoms with van der Waals surface area (Å²) in [6.45, 7) is 14.7. The van der Waals surface area contributed by atoms with E-state index in [2.05, 4.69) is 33.5 Å². The second kappa shape index (κ2) is 7.14. The van der Waals surface area contributed by atoms with Gasteiger partial charge in [0.25, 0.3) is 0 Å². The van der Waals surface area contributed by atoms with Gasteiger partial charge in [0.05, 0.1) is 6.61 Å². The Morgan fingerprint density at radius 3 is 2.56 bits per heavy atom. The maximum atomic E-state index is 12.5. The van der Waals surface area contributed by atoms with Gasteiger partial charge in [0.15, 0.2) is 8.32 Å². The summed E-state index contributed by atoms with van der Waals surface area (Å²) in [7, 11) is -1.82. The minimum atomic E-state index is -1.82. The lowest BCUT2D eigenvalue weighted by molar-refractivity contribution is -0.162. The number of hydrogen-bond donors (Lipinski definition) is 0. The molecule has 144 valence electrons. The van der Waals surface area contributed by atoms with Gasteiger partial charge in [0.1, 0.15) is 11.4 Å². The molecule has 0 bridgehead atoms. The number of carbonyl (C=O) groups excluding carboxylic acids is 2. The molecule has 0 aromatic carbocycles. The maximum Gasteiger partial charge on any atom is 0.336 e. The topological polar surface area (TPSA) is 52.6 Å². The summed E-state index contributed by atoms with van der Waals surface area (Å²) in [6.07, 6.45) is 4.95. The number of rotatable bonds is 6. The van der Waals surface area contributed by atoms with E-state index in [-0.39, 0.29) is 23.2 Å². The van der Waals surface area contributed by atoms with Crippen LogP contribution in [0.5, 0.6) is 0 Å². The van der Waals surface area contributed by atoms with Crippen molar-refractivity contribution in [2.24, 2.45) is 23.2 Å². The van der Waals surface area contributed by atoms with E-state index in [0.29, 0.717) is 18.3 Å². The number of fused-ring (bicyclic) bond motifs is 1. The number of ketones is 1. The average Bonchev–Trinajstić information content (AvgIpc) is 2.80. The SMILES string of the molecule is CC(COC(=O)C(C)(C)O[Si](C)(C)C)[C@H]1CC[C@H]2C(=O)CCC[C@]12C. The van der Waals surface area contributed by atoms with Gasteiger partial charge in [-0.15, -0.1) is 0 Å². The van der Waals surface area contributed by atoms with Crippen molar-refractivity contribution in [3.63, 3.8) is 0 Å². The molecule has 5 heteroatoms. The molecule has 2 saturated carbocycles. The van der Waals surface area contributed by atoms with Crippen LogP contribution >= 0.6 is 0 Å². The van der Waals surface area contributed by atoms with Crippen molar-refractivity contribution in [3.8, 4) is 0 Å². The first-order valence-corrected chi connectivity index (χ1v) is 13.2. The van der Waals surface area contributed by atoms with Gasteiger partial charge in [-0.2, -0.15) is 0 Å². The Balaban J connectivity index is 1.95. The summed E-state index contributed by atoms with van der Waals surface area (Å²) in [5, 5.41) is 0.